The van der Waals surface area contributed by atoms with Crippen molar-refractivity contribution in [1.82, 2.24) is 19.9 Å². The van der Waals surface area contributed by atoms with Crippen LogP contribution in [0.5, 0.6) is 0 Å². The second-order valence-corrected chi connectivity index (χ2v) is 4.16. The van der Waals surface area contributed by atoms with Crippen LogP contribution in [0.25, 0.3) is 11.2 Å². The van der Waals surface area contributed by atoms with Crippen LogP contribution in [0.4, 0.5) is 17.5 Å². The van der Waals surface area contributed by atoms with Crippen molar-refractivity contribution in [2.24, 2.45) is 0 Å². The maximum atomic E-state index is 4.37. The molecular weight excluding hydrogens is 236 g/mol. The number of aromatic nitrogens is 4. The highest BCUT2D eigenvalue weighted by molar-refractivity contribution is 7.08. The summed E-state index contributed by atoms with van der Waals surface area (Å²) < 4.78 is 0. The molecule has 3 N–H and O–H groups in total. The van der Waals surface area contributed by atoms with E-state index in [2.05, 4.69) is 30.6 Å². The van der Waals surface area contributed by atoms with Gasteiger partial charge in [0.25, 0.3) is 0 Å². The van der Waals surface area contributed by atoms with Gasteiger partial charge in [-0.2, -0.15) is 21.3 Å². The third-order valence-electron chi connectivity index (χ3n) is 2.29. The summed E-state index contributed by atoms with van der Waals surface area (Å²) >= 11 is 1.63. The molecule has 3 heterocycles. The summed E-state index contributed by atoms with van der Waals surface area (Å²) in [4.78, 5) is 15.8. The van der Waals surface area contributed by atoms with E-state index >= 15 is 0 Å². The molecule has 7 heteroatoms. The quantitative estimate of drug-likeness (QED) is 0.660. The molecule has 0 amide bonds. The second-order valence-electron chi connectivity index (χ2n) is 3.38. The van der Waals surface area contributed by atoms with Crippen LogP contribution in [0.3, 0.4) is 0 Å². The molecule has 0 saturated heterocycles. The lowest BCUT2D eigenvalue weighted by Crippen LogP contribution is -2.01. The molecule has 0 unspecified atom stereocenters. The zero-order valence-electron chi connectivity index (χ0n) is 9.06. The van der Waals surface area contributed by atoms with E-state index in [-0.39, 0.29) is 0 Å². The molecule has 3 aromatic rings. The zero-order valence-corrected chi connectivity index (χ0v) is 9.88. The molecule has 0 aliphatic heterocycles. The van der Waals surface area contributed by atoms with E-state index < -0.39 is 0 Å². The number of H-pyrrole nitrogens is 1. The molecule has 0 spiro atoms. The van der Waals surface area contributed by atoms with Crippen LogP contribution in [0, 0.1) is 0 Å². The number of anilines is 3. The lowest BCUT2D eigenvalue weighted by molar-refractivity contribution is 1.18. The first-order chi connectivity index (χ1) is 8.36. The Balaban J connectivity index is 2.10. The maximum Gasteiger partial charge on any atom is 0.226 e. The summed E-state index contributed by atoms with van der Waals surface area (Å²) in [6.45, 7) is 0. The minimum Gasteiger partial charge on any atom is -0.357 e. The maximum absolute atomic E-state index is 4.37. The van der Waals surface area contributed by atoms with Crippen molar-refractivity contribution >= 4 is 40.0 Å². The number of thiophene rings is 1. The van der Waals surface area contributed by atoms with Crippen LogP contribution >= 0.6 is 11.3 Å². The SMILES string of the molecule is CNc1nc(Nc2ccsc2)c2[nH]cnc2n1. The molecular formula is C10H10N6S. The Morgan fingerprint density at radius 2 is 2.29 bits per heavy atom. The first-order valence-electron chi connectivity index (χ1n) is 5.05. The highest BCUT2D eigenvalue weighted by Crippen LogP contribution is 2.23. The molecule has 0 aliphatic carbocycles. The number of rotatable bonds is 3. The molecule has 86 valence electrons. The minimum absolute atomic E-state index is 0.544. The van der Waals surface area contributed by atoms with Crippen LogP contribution < -0.4 is 10.6 Å². The minimum atomic E-state index is 0.544. The summed E-state index contributed by atoms with van der Waals surface area (Å²) in [7, 11) is 1.78. The second kappa shape index (κ2) is 4.02. The third kappa shape index (κ3) is 1.80. The Labute approximate surface area is 101 Å². The highest BCUT2D eigenvalue weighted by Gasteiger charge is 2.09. The van der Waals surface area contributed by atoms with Gasteiger partial charge in [-0.3, -0.25) is 0 Å². The van der Waals surface area contributed by atoms with Crippen LogP contribution in [0.1, 0.15) is 0 Å². The molecule has 0 radical (unpaired) electrons. The molecule has 6 nitrogen and oxygen atoms in total. The van der Waals surface area contributed by atoms with Gasteiger partial charge in [0, 0.05) is 12.4 Å². The van der Waals surface area contributed by atoms with Gasteiger partial charge in [-0.1, -0.05) is 0 Å². The van der Waals surface area contributed by atoms with Crippen molar-refractivity contribution in [3.8, 4) is 0 Å². The van der Waals surface area contributed by atoms with Crippen molar-refractivity contribution < 1.29 is 0 Å². The van der Waals surface area contributed by atoms with E-state index in [1.807, 2.05) is 16.8 Å². The van der Waals surface area contributed by atoms with E-state index in [0.717, 1.165) is 17.0 Å². The molecule has 0 bridgehead atoms. The van der Waals surface area contributed by atoms with E-state index in [0.29, 0.717) is 11.6 Å². The van der Waals surface area contributed by atoms with Gasteiger partial charge >= 0.3 is 0 Å². The number of hydrogen-bond donors (Lipinski definition) is 3. The van der Waals surface area contributed by atoms with Gasteiger partial charge in [-0.15, -0.1) is 0 Å². The van der Waals surface area contributed by atoms with E-state index in [1.54, 1.807) is 24.7 Å². The number of aromatic amines is 1. The number of fused-ring (bicyclic) bond motifs is 1. The topological polar surface area (TPSA) is 78.5 Å². The largest absolute Gasteiger partial charge is 0.357 e. The Hall–Kier alpha value is -2.15. The van der Waals surface area contributed by atoms with Gasteiger partial charge in [0.05, 0.1) is 12.0 Å². The van der Waals surface area contributed by atoms with Crippen molar-refractivity contribution in [2.75, 3.05) is 17.7 Å². The number of hydrogen-bond acceptors (Lipinski definition) is 6. The average Bonchev–Trinajstić information content (AvgIpc) is 2.98. The molecule has 17 heavy (non-hydrogen) atoms. The van der Waals surface area contributed by atoms with Gasteiger partial charge in [-0.05, 0) is 11.4 Å². The van der Waals surface area contributed by atoms with Crippen molar-refractivity contribution in [2.45, 2.75) is 0 Å². The van der Waals surface area contributed by atoms with Crippen LogP contribution in [0.15, 0.2) is 23.2 Å². The normalized spacial score (nSPS) is 10.6. The average molecular weight is 246 g/mol. The van der Waals surface area contributed by atoms with Gasteiger partial charge in [0.2, 0.25) is 5.95 Å². The predicted octanol–water partition coefficient (Wildman–Crippen LogP) is 2.20. The number of nitrogens with zero attached hydrogens (tertiary/aromatic N) is 3. The molecule has 3 aromatic heterocycles. The zero-order chi connectivity index (χ0) is 11.7. The highest BCUT2D eigenvalue weighted by atomic mass is 32.1. The Morgan fingerprint density at radius 1 is 1.35 bits per heavy atom. The lowest BCUT2D eigenvalue weighted by atomic mass is 10.4. The van der Waals surface area contributed by atoms with Crippen LogP contribution in [-0.2, 0) is 0 Å². The fourth-order valence-corrected chi connectivity index (χ4v) is 2.10. The van der Waals surface area contributed by atoms with Gasteiger partial charge in [0.1, 0.15) is 5.52 Å². The van der Waals surface area contributed by atoms with Gasteiger partial charge in [-0.25, -0.2) is 4.98 Å². The van der Waals surface area contributed by atoms with Crippen LogP contribution in [-0.4, -0.2) is 27.0 Å². The molecule has 0 aromatic carbocycles. The van der Waals surface area contributed by atoms with E-state index in [1.165, 1.54) is 0 Å². The fraction of sp³-hybridized carbons (Fsp3) is 0.100. The first-order valence-corrected chi connectivity index (χ1v) is 5.99. The summed E-state index contributed by atoms with van der Waals surface area (Å²) in [6, 6.07) is 1.99. The van der Waals surface area contributed by atoms with E-state index in [4.69, 9.17) is 0 Å². The lowest BCUT2D eigenvalue weighted by Gasteiger charge is -2.05. The third-order valence-corrected chi connectivity index (χ3v) is 2.98. The molecule has 0 aliphatic rings. The number of imidazole rings is 1. The summed E-state index contributed by atoms with van der Waals surface area (Å²) in [5.41, 5.74) is 2.45. The number of nitrogens with one attached hydrogen (secondary N) is 3. The van der Waals surface area contributed by atoms with Gasteiger partial charge < -0.3 is 15.6 Å². The molecule has 0 fully saturated rings. The predicted molar refractivity (Wildman–Crippen MR) is 68.8 cm³/mol. The first kappa shape index (κ1) is 10.0. The van der Waals surface area contributed by atoms with Crippen molar-refractivity contribution in [1.29, 1.82) is 0 Å². The summed E-state index contributed by atoms with van der Waals surface area (Å²) in [5.74, 6) is 1.26. The Morgan fingerprint density at radius 3 is 3.06 bits per heavy atom. The molecule has 0 saturated carbocycles. The van der Waals surface area contributed by atoms with E-state index in [9.17, 15) is 0 Å². The summed E-state index contributed by atoms with van der Waals surface area (Å²) in [5, 5.41) is 10.2. The van der Waals surface area contributed by atoms with Crippen molar-refractivity contribution in [3.63, 3.8) is 0 Å². The Kier molecular flexibility index (Phi) is 2.37. The summed E-state index contributed by atoms with van der Waals surface area (Å²) in [6.07, 6.45) is 1.61. The van der Waals surface area contributed by atoms with Crippen LogP contribution in [0.2, 0.25) is 0 Å². The van der Waals surface area contributed by atoms with Gasteiger partial charge in [0.15, 0.2) is 11.5 Å². The fourth-order valence-electron chi connectivity index (χ4n) is 1.51. The molecule has 3 rings (SSSR count). The smallest absolute Gasteiger partial charge is 0.226 e. The molecule has 0 atom stereocenters. The standard InChI is InChI=1S/C10H10N6S/c1-11-10-15-8-7(12-5-13-8)9(16-10)14-6-2-3-17-4-6/h2-5H,1H3,(H3,11,12,13,14,15,16). The Bertz CT molecular complexity index is 629. The van der Waals surface area contributed by atoms with Crippen molar-refractivity contribution in [3.05, 3.63) is 23.2 Å². The monoisotopic (exact) mass is 246 g/mol.